The van der Waals surface area contributed by atoms with Crippen LogP contribution in [0.3, 0.4) is 0 Å². The van der Waals surface area contributed by atoms with Crippen LogP contribution in [0, 0.1) is 17.7 Å². The van der Waals surface area contributed by atoms with Crippen molar-refractivity contribution in [1.82, 2.24) is 14.5 Å². The Bertz CT molecular complexity index is 994. The van der Waals surface area contributed by atoms with Gasteiger partial charge in [0.15, 0.2) is 0 Å². The summed E-state index contributed by atoms with van der Waals surface area (Å²) < 4.78 is 14.7. The summed E-state index contributed by atoms with van der Waals surface area (Å²) in [6.45, 7) is 3.42. The number of anilines is 1. The molecule has 0 saturated heterocycles. The van der Waals surface area contributed by atoms with E-state index in [4.69, 9.17) is 0 Å². The van der Waals surface area contributed by atoms with E-state index in [1.54, 1.807) is 12.3 Å². The van der Waals surface area contributed by atoms with E-state index in [1.807, 2.05) is 17.8 Å². The van der Waals surface area contributed by atoms with Crippen molar-refractivity contribution >= 4 is 22.6 Å². The molecule has 6 heteroatoms. The van der Waals surface area contributed by atoms with Gasteiger partial charge in [0, 0.05) is 18.6 Å². The smallest absolute Gasteiger partial charge is 0.247 e. The standard InChI is InChI=1S/C18H13FN4O/c1-3-17(24)22-15-8-16-12(11-23(2)18(16)21-10-15)4-6-14-7-5-13(19)9-20-14/h3,5,7-11H,1H2,2H3,(H,22,24). The molecule has 0 aliphatic carbocycles. The van der Waals surface area contributed by atoms with Crippen molar-refractivity contribution in [1.29, 1.82) is 0 Å². The molecule has 0 aromatic carbocycles. The van der Waals surface area contributed by atoms with Gasteiger partial charge in [-0.1, -0.05) is 12.5 Å². The highest BCUT2D eigenvalue weighted by Crippen LogP contribution is 2.21. The average Bonchev–Trinajstić information content (AvgIpc) is 2.90. The minimum Gasteiger partial charge on any atom is -0.334 e. The molecule has 0 radical (unpaired) electrons. The number of hydrogen-bond donors (Lipinski definition) is 1. The lowest BCUT2D eigenvalue weighted by Gasteiger charge is -2.02. The average molecular weight is 320 g/mol. The highest BCUT2D eigenvalue weighted by Gasteiger charge is 2.08. The van der Waals surface area contributed by atoms with Gasteiger partial charge in [0.25, 0.3) is 0 Å². The number of aryl methyl sites for hydroxylation is 1. The summed E-state index contributed by atoms with van der Waals surface area (Å²) in [7, 11) is 1.86. The van der Waals surface area contributed by atoms with Crippen LogP contribution in [0.4, 0.5) is 10.1 Å². The Kier molecular flexibility index (Phi) is 4.08. The molecule has 0 saturated carbocycles. The van der Waals surface area contributed by atoms with E-state index < -0.39 is 5.82 Å². The zero-order valence-corrected chi connectivity index (χ0v) is 12.9. The second-order valence-corrected chi connectivity index (χ2v) is 5.05. The molecule has 0 fully saturated rings. The maximum Gasteiger partial charge on any atom is 0.247 e. The predicted octanol–water partition coefficient (Wildman–Crippen LogP) is 2.63. The van der Waals surface area contributed by atoms with Gasteiger partial charge in [0.1, 0.15) is 17.2 Å². The minimum absolute atomic E-state index is 0.310. The first kappa shape index (κ1) is 15.4. The predicted molar refractivity (Wildman–Crippen MR) is 89.7 cm³/mol. The van der Waals surface area contributed by atoms with Crippen molar-refractivity contribution in [2.45, 2.75) is 0 Å². The van der Waals surface area contributed by atoms with Gasteiger partial charge in [-0.15, -0.1) is 0 Å². The van der Waals surface area contributed by atoms with Crippen LogP contribution in [0.2, 0.25) is 0 Å². The van der Waals surface area contributed by atoms with Crippen molar-refractivity contribution < 1.29 is 9.18 Å². The number of hydrogen-bond acceptors (Lipinski definition) is 3. The number of fused-ring (bicyclic) bond motifs is 1. The van der Waals surface area contributed by atoms with E-state index in [0.717, 1.165) is 22.8 Å². The third-order valence-electron chi connectivity index (χ3n) is 3.32. The molecule has 3 aromatic rings. The SMILES string of the molecule is C=CC(=O)Nc1cnc2c(c1)c(C#Cc1ccc(F)cn1)cn2C. The highest BCUT2D eigenvalue weighted by molar-refractivity contribution is 6.00. The fraction of sp³-hybridized carbons (Fsp3) is 0.0556. The molecule has 24 heavy (non-hydrogen) atoms. The van der Waals surface area contributed by atoms with E-state index in [2.05, 4.69) is 33.7 Å². The molecule has 0 atom stereocenters. The van der Waals surface area contributed by atoms with Crippen LogP contribution in [0.25, 0.3) is 11.0 Å². The molecule has 0 unspecified atom stereocenters. The summed E-state index contributed by atoms with van der Waals surface area (Å²) in [5.41, 5.74) is 2.50. The largest absolute Gasteiger partial charge is 0.334 e. The van der Waals surface area contributed by atoms with Gasteiger partial charge in [-0.2, -0.15) is 0 Å². The van der Waals surface area contributed by atoms with Crippen LogP contribution in [-0.2, 0) is 11.8 Å². The van der Waals surface area contributed by atoms with Crippen LogP contribution in [0.1, 0.15) is 11.3 Å². The first-order chi connectivity index (χ1) is 11.6. The summed E-state index contributed by atoms with van der Waals surface area (Å²) in [4.78, 5) is 19.7. The monoisotopic (exact) mass is 320 g/mol. The lowest BCUT2D eigenvalue weighted by molar-refractivity contribution is -0.111. The molecule has 0 bridgehead atoms. The Morgan fingerprint density at radius 2 is 2.17 bits per heavy atom. The van der Waals surface area contributed by atoms with Crippen LogP contribution in [0.15, 0.2) is 49.4 Å². The molecule has 3 heterocycles. The van der Waals surface area contributed by atoms with E-state index in [1.165, 1.54) is 18.2 Å². The van der Waals surface area contributed by atoms with Gasteiger partial charge < -0.3 is 9.88 Å². The Morgan fingerprint density at radius 1 is 1.33 bits per heavy atom. The van der Waals surface area contributed by atoms with E-state index >= 15 is 0 Å². The van der Waals surface area contributed by atoms with Gasteiger partial charge in [0.2, 0.25) is 5.91 Å². The Morgan fingerprint density at radius 3 is 2.88 bits per heavy atom. The first-order valence-electron chi connectivity index (χ1n) is 7.09. The second kappa shape index (κ2) is 6.34. The molecule has 1 amide bonds. The number of halogens is 1. The molecule has 118 valence electrons. The fourth-order valence-corrected chi connectivity index (χ4v) is 2.20. The minimum atomic E-state index is -0.405. The zero-order valence-electron chi connectivity index (χ0n) is 12.9. The summed E-state index contributed by atoms with van der Waals surface area (Å²) >= 11 is 0. The number of pyridine rings is 2. The highest BCUT2D eigenvalue weighted by atomic mass is 19.1. The number of nitrogens with zero attached hydrogens (tertiary/aromatic N) is 3. The maximum absolute atomic E-state index is 12.9. The van der Waals surface area contributed by atoms with Crippen molar-refractivity contribution in [3.8, 4) is 11.8 Å². The first-order valence-corrected chi connectivity index (χ1v) is 7.09. The maximum atomic E-state index is 12.9. The fourth-order valence-electron chi connectivity index (χ4n) is 2.20. The topological polar surface area (TPSA) is 59.8 Å². The molecular weight excluding hydrogens is 307 g/mol. The van der Waals surface area contributed by atoms with Crippen molar-refractivity contribution in [3.63, 3.8) is 0 Å². The normalized spacial score (nSPS) is 10.1. The van der Waals surface area contributed by atoms with E-state index in [-0.39, 0.29) is 5.91 Å². The molecule has 3 aromatic heterocycles. The zero-order chi connectivity index (χ0) is 17.1. The lowest BCUT2D eigenvalue weighted by atomic mass is 10.2. The molecule has 0 aliphatic heterocycles. The van der Waals surface area contributed by atoms with Gasteiger partial charge in [0.05, 0.1) is 23.6 Å². The third-order valence-corrected chi connectivity index (χ3v) is 3.32. The number of carbonyl (C=O) groups excluding carboxylic acids is 1. The van der Waals surface area contributed by atoms with Crippen molar-refractivity contribution in [2.75, 3.05) is 5.32 Å². The summed E-state index contributed by atoms with van der Waals surface area (Å²) in [6, 6.07) is 4.62. The van der Waals surface area contributed by atoms with Crippen molar-refractivity contribution in [3.05, 3.63) is 66.5 Å². The molecule has 0 spiro atoms. The van der Waals surface area contributed by atoms with Gasteiger partial charge in [-0.25, -0.2) is 14.4 Å². The van der Waals surface area contributed by atoms with E-state index in [0.29, 0.717) is 11.4 Å². The number of nitrogens with one attached hydrogen (secondary N) is 1. The van der Waals surface area contributed by atoms with Crippen LogP contribution < -0.4 is 5.32 Å². The van der Waals surface area contributed by atoms with Crippen LogP contribution in [0.5, 0.6) is 0 Å². The van der Waals surface area contributed by atoms with Crippen molar-refractivity contribution in [2.24, 2.45) is 7.05 Å². The van der Waals surface area contributed by atoms with Crippen LogP contribution in [-0.4, -0.2) is 20.4 Å². The van der Waals surface area contributed by atoms with Crippen LogP contribution >= 0.6 is 0 Å². The molecule has 1 N–H and O–H groups in total. The Balaban J connectivity index is 2.01. The Labute approximate surface area is 137 Å². The van der Waals surface area contributed by atoms with Gasteiger partial charge >= 0.3 is 0 Å². The molecule has 3 rings (SSSR count). The van der Waals surface area contributed by atoms with Gasteiger partial charge in [-0.05, 0) is 30.2 Å². The van der Waals surface area contributed by atoms with Gasteiger partial charge in [-0.3, -0.25) is 4.79 Å². The van der Waals surface area contributed by atoms with E-state index in [9.17, 15) is 9.18 Å². The number of amides is 1. The summed E-state index contributed by atoms with van der Waals surface area (Å²) in [5, 5.41) is 3.47. The number of rotatable bonds is 2. The third kappa shape index (κ3) is 3.15. The molecule has 5 nitrogen and oxygen atoms in total. The summed E-state index contributed by atoms with van der Waals surface area (Å²) in [6.07, 6.45) is 5.73. The second-order valence-electron chi connectivity index (χ2n) is 5.05. The quantitative estimate of drug-likeness (QED) is 0.583. The Hall–Kier alpha value is -3.46. The molecule has 0 aliphatic rings. The number of carbonyl (C=O) groups is 1. The lowest BCUT2D eigenvalue weighted by Crippen LogP contribution is -2.07. The molecular formula is C18H13FN4O. The summed E-state index contributed by atoms with van der Waals surface area (Å²) in [5.74, 6) is 5.19. The number of aromatic nitrogens is 3.